The Labute approximate surface area is 103 Å². The molecule has 0 aliphatic rings. The summed E-state index contributed by atoms with van der Waals surface area (Å²) < 4.78 is 25.7. The number of hydrogen-bond donors (Lipinski definition) is 1. The second kappa shape index (κ2) is 5.19. The number of halogens is 2. The maximum atomic E-state index is 13.0. The SMILES string of the molecule is Nc1ccc(F)cc1SCc1ccc(F)cc1. The Bertz CT molecular complexity index is 511. The standard InChI is InChI=1S/C13H11F2NS/c14-10-3-1-9(2-4-10)8-17-13-7-11(15)5-6-12(13)16/h1-7H,8,16H2. The van der Waals surface area contributed by atoms with Crippen molar-refractivity contribution in [2.75, 3.05) is 5.73 Å². The molecule has 0 saturated carbocycles. The summed E-state index contributed by atoms with van der Waals surface area (Å²) in [5.41, 5.74) is 7.26. The van der Waals surface area contributed by atoms with Crippen LogP contribution in [0.1, 0.15) is 5.56 Å². The first kappa shape index (κ1) is 11.9. The van der Waals surface area contributed by atoms with Crippen LogP contribution in [0.25, 0.3) is 0 Å². The molecule has 0 saturated heterocycles. The fourth-order valence-corrected chi connectivity index (χ4v) is 2.32. The fourth-order valence-electron chi connectivity index (χ4n) is 1.37. The monoisotopic (exact) mass is 251 g/mol. The van der Waals surface area contributed by atoms with E-state index >= 15 is 0 Å². The van der Waals surface area contributed by atoms with Crippen LogP contribution in [0.15, 0.2) is 47.4 Å². The van der Waals surface area contributed by atoms with Crippen LogP contribution in [0.3, 0.4) is 0 Å². The molecule has 0 bridgehead atoms. The zero-order chi connectivity index (χ0) is 12.3. The molecule has 88 valence electrons. The van der Waals surface area contributed by atoms with Crippen molar-refractivity contribution in [3.05, 3.63) is 59.7 Å². The third-order valence-electron chi connectivity index (χ3n) is 2.28. The molecule has 17 heavy (non-hydrogen) atoms. The lowest BCUT2D eigenvalue weighted by atomic mass is 10.2. The average molecular weight is 251 g/mol. The Balaban J connectivity index is 2.07. The molecule has 2 aromatic rings. The van der Waals surface area contributed by atoms with Crippen LogP contribution in [0, 0.1) is 11.6 Å². The summed E-state index contributed by atoms with van der Waals surface area (Å²) in [6.07, 6.45) is 0. The molecule has 2 aromatic carbocycles. The van der Waals surface area contributed by atoms with Crippen molar-refractivity contribution in [1.82, 2.24) is 0 Å². The third-order valence-corrected chi connectivity index (χ3v) is 3.43. The lowest BCUT2D eigenvalue weighted by Crippen LogP contribution is -1.90. The molecule has 0 aromatic heterocycles. The molecule has 0 aliphatic carbocycles. The van der Waals surface area contributed by atoms with Gasteiger partial charge in [-0.1, -0.05) is 12.1 Å². The topological polar surface area (TPSA) is 26.0 Å². The Morgan fingerprint density at radius 3 is 2.29 bits per heavy atom. The smallest absolute Gasteiger partial charge is 0.124 e. The van der Waals surface area contributed by atoms with Gasteiger partial charge in [-0.15, -0.1) is 11.8 Å². The van der Waals surface area contributed by atoms with E-state index in [1.54, 1.807) is 18.2 Å². The molecule has 0 amide bonds. The zero-order valence-corrected chi connectivity index (χ0v) is 9.81. The quantitative estimate of drug-likeness (QED) is 0.662. The molecule has 0 atom stereocenters. The number of benzene rings is 2. The van der Waals surface area contributed by atoms with Gasteiger partial charge < -0.3 is 5.73 Å². The van der Waals surface area contributed by atoms with Gasteiger partial charge in [0.1, 0.15) is 11.6 Å². The van der Waals surface area contributed by atoms with Crippen LogP contribution >= 0.6 is 11.8 Å². The van der Waals surface area contributed by atoms with Crippen molar-refractivity contribution in [2.45, 2.75) is 10.6 Å². The maximum Gasteiger partial charge on any atom is 0.124 e. The summed E-state index contributed by atoms with van der Waals surface area (Å²) in [7, 11) is 0. The van der Waals surface area contributed by atoms with E-state index in [2.05, 4.69) is 0 Å². The van der Waals surface area contributed by atoms with Crippen molar-refractivity contribution < 1.29 is 8.78 Å². The van der Waals surface area contributed by atoms with E-state index in [1.165, 1.54) is 36.0 Å². The minimum absolute atomic E-state index is 0.260. The van der Waals surface area contributed by atoms with Crippen LogP contribution in [-0.4, -0.2) is 0 Å². The lowest BCUT2D eigenvalue weighted by Gasteiger charge is -2.05. The first-order valence-electron chi connectivity index (χ1n) is 5.07. The molecule has 0 aliphatic heterocycles. The minimum Gasteiger partial charge on any atom is -0.398 e. The molecule has 0 spiro atoms. The molecular weight excluding hydrogens is 240 g/mol. The fraction of sp³-hybridized carbons (Fsp3) is 0.0769. The largest absolute Gasteiger partial charge is 0.398 e. The van der Waals surface area contributed by atoms with Gasteiger partial charge in [0, 0.05) is 16.3 Å². The van der Waals surface area contributed by atoms with Gasteiger partial charge >= 0.3 is 0 Å². The van der Waals surface area contributed by atoms with Crippen LogP contribution < -0.4 is 5.73 Å². The van der Waals surface area contributed by atoms with E-state index in [0.29, 0.717) is 16.3 Å². The van der Waals surface area contributed by atoms with Crippen molar-refractivity contribution >= 4 is 17.4 Å². The van der Waals surface area contributed by atoms with E-state index < -0.39 is 0 Å². The second-order valence-electron chi connectivity index (χ2n) is 3.60. The first-order valence-corrected chi connectivity index (χ1v) is 6.06. The van der Waals surface area contributed by atoms with Crippen molar-refractivity contribution in [3.8, 4) is 0 Å². The molecule has 1 nitrogen and oxygen atoms in total. The van der Waals surface area contributed by atoms with E-state index in [4.69, 9.17) is 5.73 Å². The van der Waals surface area contributed by atoms with Crippen LogP contribution in [-0.2, 0) is 5.75 Å². The second-order valence-corrected chi connectivity index (χ2v) is 4.61. The van der Waals surface area contributed by atoms with Gasteiger partial charge in [0.25, 0.3) is 0 Å². The highest BCUT2D eigenvalue weighted by Crippen LogP contribution is 2.28. The predicted molar refractivity (Wildman–Crippen MR) is 66.8 cm³/mol. The Morgan fingerprint density at radius 2 is 1.59 bits per heavy atom. The summed E-state index contributed by atoms with van der Waals surface area (Å²) >= 11 is 1.43. The third kappa shape index (κ3) is 3.20. The lowest BCUT2D eigenvalue weighted by molar-refractivity contribution is 0.624. The highest BCUT2D eigenvalue weighted by Gasteiger charge is 2.02. The van der Waals surface area contributed by atoms with Gasteiger partial charge in [-0.3, -0.25) is 0 Å². The van der Waals surface area contributed by atoms with Gasteiger partial charge in [-0.05, 0) is 35.9 Å². The van der Waals surface area contributed by atoms with Gasteiger partial charge in [0.2, 0.25) is 0 Å². The van der Waals surface area contributed by atoms with E-state index in [-0.39, 0.29) is 11.6 Å². The molecule has 0 radical (unpaired) electrons. The number of nitrogen functional groups attached to an aromatic ring is 1. The molecule has 0 unspecified atom stereocenters. The molecular formula is C13H11F2NS. The summed E-state index contributed by atoms with van der Waals surface area (Å²) in [5, 5.41) is 0. The highest BCUT2D eigenvalue weighted by molar-refractivity contribution is 7.98. The van der Waals surface area contributed by atoms with Crippen molar-refractivity contribution in [3.63, 3.8) is 0 Å². The van der Waals surface area contributed by atoms with E-state index in [0.717, 1.165) is 5.56 Å². The predicted octanol–water partition coefficient (Wildman–Crippen LogP) is 3.84. The average Bonchev–Trinajstić information content (AvgIpc) is 2.32. The molecule has 2 rings (SSSR count). The normalized spacial score (nSPS) is 10.5. The van der Waals surface area contributed by atoms with E-state index in [1.807, 2.05) is 0 Å². The molecule has 0 fully saturated rings. The Morgan fingerprint density at radius 1 is 0.941 bits per heavy atom. The number of thioether (sulfide) groups is 1. The van der Waals surface area contributed by atoms with Crippen molar-refractivity contribution in [2.24, 2.45) is 0 Å². The Kier molecular flexibility index (Phi) is 3.64. The van der Waals surface area contributed by atoms with Crippen LogP contribution in [0.2, 0.25) is 0 Å². The summed E-state index contributed by atoms with van der Waals surface area (Å²) in [5.74, 6) is 0.0679. The zero-order valence-electron chi connectivity index (χ0n) is 8.99. The molecule has 4 heteroatoms. The van der Waals surface area contributed by atoms with Gasteiger partial charge in [-0.2, -0.15) is 0 Å². The van der Waals surface area contributed by atoms with Crippen LogP contribution in [0.5, 0.6) is 0 Å². The number of rotatable bonds is 3. The summed E-state index contributed by atoms with van der Waals surface area (Å²) in [6.45, 7) is 0. The summed E-state index contributed by atoms with van der Waals surface area (Å²) in [6, 6.07) is 10.5. The molecule has 2 N–H and O–H groups in total. The number of anilines is 1. The maximum absolute atomic E-state index is 13.0. The van der Waals surface area contributed by atoms with E-state index in [9.17, 15) is 8.78 Å². The van der Waals surface area contributed by atoms with Gasteiger partial charge in [-0.25, -0.2) is 8.78 Å². The highest BCUT2D eigenvalue weighted by atomic mass is 32.2. The number of hydrogen-bond acceptors (Lipinski definition) is 2. The Hall–Kier alpha value is -1.55. The van der Waals surface area contributed by atoms with Crippen LogP contribution in [0.4, 0.5) is 14.5 Å². The summed E-state index contributed by atoms with van der Waals surface area (Å²) in [4.78, 5) is 0.703. The van der Waals surface area contributed by atoms with Gasteiger partial charge in [0.15, 0.2) is 0 Å². The van der Waals surface area contributed by atoms with Gasteiger partial charge in [0.05, 0.1) is 0 Å². The number of nitrogens with two attached hydrogens (primary N) is 1. The first-order chi connectivity index (χ1) is 8.15. The molecule has 0 heterocycles. The minimum atomic E-state index is -0.305. The van der Waals surface area contributed by atoms with Crippen molar-refractivity contribution in [1.29, 1.82) is 0 Å².